The van der Waals surface area contributed by atoms with Crippen LogP contribution in [0.1, 0.15) is 85.1 Å². The van der Waals surface area contributed by atoms with Crippen LogP contribution in [0, 0.1) is 5.92 Å². The summed E-state index contributed by atoms with van der Waals surface area (Å²) in [6.07, 6.45) is -1.72. The molecule has 0 bridgehead atoms. The van der Waals surface area contributed by atoms with E-state index in [4.69, 9.17) is 11.5 Å². The molecule has 0 saturated carbocycles. The molecule has 1 aromatic heterocycles. The number of aliphatic hydroxyl groups is 3. The number of para-hydroxylation sites is 1. The number of aromatic amines is 1. The third-order valence-electron chi connectivity index (χ3n) is 14.7. The molecule has 13 atom stereocenters. The van der Waals surface area contributed by atoms with Gasteiger partial charge >= 0.3 is 17.9 Å². The lowest BCUT2D eigenvalue weighted by atomic mass is 10.0. The first-order chi connectivity index (χ1) is 44.6. The van der Waals surface area contributed by atoms with Crippen LogP contribution in [0.5, 0.6) is 0 Å². The van der Waals surface area contributed by atoms with E-state index in [1.54, 1.807) is 44.4 Å². The Labute approximate surface area is 547 Å². The number of hydrogen-bond acceptors (Lipinski definition) is 21. The molecule has 1 aromatic carbocycles. The van der Waals surface area contributed by atoms with Crippen LogP contribution in [0.25, 0.3) is 10.9 Å². The van der Waals surface area contributed by atoms with Gasteiger partial charge in [-0.05, 0) is 76.0 Å². The molecule has 38 heteroatoms. The zero-order valence-electron chi connectivity index (χ0n) is 52.9. The van der Waals surface area contributed by atoms with Crippen molar-refractivity contribution < 1.29 is 107 Å². The number of nitrogens with two attached hydrogens (primary N) is 2. The van der Waals surface area contributed by atoms with Crippen LogP contribution in [0.15, 0.2) is 30.5 Å². The van der Waals surface area contributed by atoms with Crippen molar-refractivity contribution in [1.29, 1.82) is 0 Å². The second-order valence-electron chi connectivity index (χ2n) is 22.6. The number of H-pyrrole nitrogens is 1. The number of rotatable bonds is 40. The molecule has 0 unspecified atom stereocenters. The Morgan fingerprint density at radius 1 is 0.611 bits per heavy atom. The minimum absolute atomic E-state index is 0.0498. The Kier molecular flexibility index (Phi) is 32.4. The van der Waals surface area contributed by atoms with Crippen LogP contribution in [-0.4, -0.2) is 252 Å². The minimum atomic E-state index is -2.14. The average molecular weight is 1360 g/mol. The van der Waals surface area contributed by atoms with Gasteiger partial charge in [0.05, 0.1) is 44.7 Å². The van der Waals surface area contributed by atoms with E-state index < -0.39 is 225 Å². The zero-order valence-corrected chi connectivity index (χ0v) is 53.7. The SMILES string of the molecule is CSCC[C@H](NC(=O)CNC(=O)[C@H](CC(=O)O)NC(=O)[C@H](C)N)C(=O)N1CCC[C@H]1C(=O)N[C@H](C(=O)N[C@@H](C)C(=O)N[C@@H](CO)C(=O)N[C@H](C(=O)N[C@@H](CC(=O)O)C(=O)N[C@@H](CCC(N)=O)C(=O)N[C@@H](Cc1c[nH]c2ccccc12)C(=O)N[C@@H](CO)C(=O)O)[C@@H](C)O)C(C)C. The number of carbonyl (C=O) groups excluding carboxylic acids is 13. The van der Waals surface area contributed by atoms with Crippen LogP contribution in [0.3, 0.4) is 0 Å². The molecule has 2 aromatic rings. The Hall–Kier alpha value is -9.53. The quantitative estimate of drug-likeness (QED) is 0.0295. The fraction of sp³-hybridized carbons (Fsp3) is 0.579. The highest BCUT2D eigenvalue weighted by molar-refractivity contribution is 7.98. The summed E-state index contributed by atoms with van der Waals surface area (Å²) in [6, 6.07) is -12.7. The molecule has 2 heterocycles. The van der Waals surface area contributed by atoms with E-state index >= 15 is 0 Å². The van der Waals surface area contributed by atoms with E-state index in [0.717, 1.165) is 13.8 Å². The Balaban J connectivity index is 1.73. The van der Waals surface area contributed by atoms with E-state index in [0.29, 0.717) is 28.6 Å². The number of nitrogens with one attached hydrogen (secondary N) is 12. The number of carbonyl (C=O) groups is 16. The second-order valence-corrected chi connectivity index (χ2v) is 23.6. The predicted molar refractivity (Wildman–Crippen MR) is 333 cm³/mol. The zero-order chi connectivity index (χ0) is 71.6. The van der Waals surface area contributed by atoms with Crippen molar-refractivity contribution in [2.75, 3.05) is 38.3 Å². The molecule has 526 valence electrons. The molecule has 95 heavy (non-hydrogen) atoms. The van der Waals surface area contributed by atoms with Gasteiger partial charge in [-0.15, -0.1) is 0 Å². The highest BCUT2D eigenvalue weighted by Gasteiger charge is 2.41. The normalized spacial score (nSPS) is 16.5. The average Bonchev–Trinajstić information content (AvgIpc) is 1.75. The van der Waals surface area contributed by atoms with Crippen LogP contribution in [0.4, 0.5) is 0 Å². The van der Waals surface area contributed by atoms with Gasteiger partial charge in [-0.2, -0.15) is 11.8 Å². The first-order valence-electron chi connectivity index (χ1n) is 29.9. The van der Waals surface area contributed by atoms with Crippen molar-refractivity contribution in [3.8, 4) is 0 Å². The monoisotopic (exact) mass is 1360 g/mol. The molecule has 1 aliphatic rings. The molecule has 1 fully saturated rings. The topological polar surface area (TPSA) is 598 Å². The summed E-state index contributed by atoms with van der Waals surface area (Å²) in [5, 5.41) is 84.6. The van der Waals surface area contributed by atoms with Gasteiger partial charge < -0.3 is 110 Å². The molecule has 1 saturated heterocycles. The molecule has 3 rings (SSSR count). The number of aliphatic carboxylic acids is 3. The van der Waals surface area contributed by atoms with E-state index in [2.05, 4.69) is 58.2 Å². The first-order valence-corrected chi connectivity index (χ1v) is 31.3. The number of benzene rings is 1. The number of hydrogen-bond donors (Lipinski definition) is 20. The maximum Gasteiger partial charge on any atom is 0.328 e. The van der Waals surface area contributed by atoms with Gasteiger partial charge in [0.2, 0.25) is 76.8 Å². The summed E-state index contributed by atoms with van der Waals surface area (Å²) in [4.78, 5) is 214. The lowest BCUT2D eigenvalue weighted by Crippen LogP contribution is -2.62. The number of primary amides is 1. The first kappa shape index (κ1) is 79.7. The lowest BCUT2D eigenvalue weighted by molar-refractivity contribution is -0.143. The molecule has 0 radical (unpaired) electrons. The predicted octanol–water partition coefficient (Wildman–Crippen LogP) is -7.89. The van der Waals surface area contributed by atoms with Crippen LogP contribution >= 0.6 is 11.8 Å². The standard InChI is InChI=1S/C57H85N15O22S/c1-25(2)44(70-53(89)39-12-9-16-72(39)56(92)33(15-17-95-6)63-41(77)22-61-48(84)35(19-42(78)79)65-46(82)26(3)58)54(90)62-27(4)47(83)68-37(23-73)52(88)71-45(28(5)75)55(91)67-36(20-43(80)81)51(87)64-32(13-14-40(59)76)49(85)66-34(50(86)69-38(24-74)57(93)94)18-29-21-60-31-11-8-7-10-30(29)31/h7-8,10-11,21,25-28,32-39,44-45,60,73-75H,9,12-20,22-24,58H2,1-6H3,(H2,59,76)(H,61,84)(H,62,90)(H,63,77)(H,64,87)(H,65,82)(H,66,85)(H,67,91)(H,68,83)(H,69,86)(H,70,89)(H,71,88)(H,78,79)(H,80,81)(H,93,94)/t26-,27-,28+,32-,33-,34-,35-,36-,37-,38-,39-,44-,45-/m0/s1. The van der Waals surface area contributed by atoms with Crippen LogP contribution in [-0.2, 0) is 83.1 Å². The number of amides is 13. The maximum atomic E-state index is 14.1. The van der Waals surface area contributed by atoms with Crippen LogP contribution in [0.2, 0.25) is 0 Å². The molecular weight excluding hydrogens is 1280 g/mol. The molecule has 1 aliphatic heterocycles. The maximum absolute atomic E-state index is 14.1. The number of fused-ring (bicyclic) bond motifs is 1. The van der Waals surface area contributed by atoms with E-state index in [1.807, 2.05) is 5.32 Å². The van der Waals surface area contributed by atoms with Crippen LogP contribution < -0.4 is 70.0 Å². The fourth-order valence-corrected chi connectivity index (χ4v) is 9.93. The third-order valence-corrected chi connectivity index (χ3v) is 15.3. The summed E-state index contributed by atoms with van der Waals surface area (Å²) in [7, 11) is 0. The van der Waals surface area contributed by atoms with Gasteiger partial charge in [0.1, 0.15) is 66.5 Å². The Bertz CT molecular complexity index is 3130. The highest BCUT2D eigenvalue weighted by Crippen LogP contribution is 2.22. The number of carboxylic acid groups (broad SMARTS) is 3. The number of nitrogens with zero attached hydrogens (tertiary/aromatic N) is 1. The summed E-state index contributed by atoms with van der Waals surface area (Å²) < 4.78 is 0. The number of aliphatic hydroxyl groups excluding tert-OH is 3. The minimum Gasteiger partial charge on any atom is -0.481 e. The Morgan fingerprint density at radius 3 is 1.72 bits per heavy atom. The van der Waals surface area contributed by atoms with Gasteiger partial charge in [0.15, 0.2) is 0 Å². The van der Waals surface area contributed by atoms with Crippen molar-refractivity contribution in [3.05, 3.63) is 36.0 Å². The molecule has 0 spiro atoms. The van der Waals surface area contributed by atoms with Crippen molar-refractivity contribution in [2.45, 2.75) is 165 Å². The number of aromatic nitrogens is 1. The van der Waals surface area contributed by atoms with E-state index in [9.17, 15) is 107 Å². The molecule has 22 N–H and O–H groups in total. The summed E-state index contributed by atoms with van der Waals surface area (Å²) >= 11 is 1.33. The molecule has 0 aliphatic carbocycles. The lowest BCUT2D eigenvalue weighted by Gasteiger charge is -2.31. The van der Waals surface area contributed by atoms with Crippen molar-refractivity contribution in [1.82, 2.24) is 68.4 Å². The van der Waals surface area contributed by atoms with Gasteiger partial charge in [-0.3, -0.25) is 71.9 Å². The Morgan fingerprint density at radius 2 is 1.15 bits per heavy atom. The van der Waals surface area contributed by atoms with Gasteiger partial charge in [0.25, 0.3) is 0 Å². The van der Waals surface area contributed by atoms with Gasteiger partial charge in [-0.25, -0.2) is 4.79 Å². The summed E-state index contributed by atoms with van der Waals surface area (Å²) in [5.74, 6) is -18.9. The molecule has 13 amide bonds. The van der Waals surface area contributed by atoms with E-state index in [-0.39, 0.29) is 25.8 Å². The summed E-state index contributed by atoms with van der Waals surface area (Å²) in [6.45, 7) is 3.61. The third kappa shape index (κ3) is 25.4. The molecular formula is C57H85N15O22S. The van der Waals surface area contributed by atoms with Gasteiger partial charge in [0, 0.05) is 36.5 Å². The smallest absolute Gasteiger partial charge is 0.328 e. The van der Waals surface area contributed by atoms with Crippen molar-refractivity contribution >= 4 is 117 Å². The number of likely N-dealkylation sites (tertiary alicyclic amines) is 1. The summed E-state index contributed by atoms with van der Waals surface area (Å²) in [5.41, 5.74) is 11.9. The number of carboxylic acids is 3. The fourth-order valence-electron chi connectivity index (χ4n) is 9.46. The largest absolute Gasteiger partial charge is 0.481 e. The van der Waals surface area contributed by atoms with Gasteiger partial charge in [-0.1, -0.05) is 32.0 Å². The van der Waals surface area contributed by atoms with Crippen molar-refractivity contribution in [2.24, 2.45) is 17.4 Å². The van der Waals surface area contributed by atoms with Crippen molar-refractivity contribution in [3.63, 3.8) is 0 Å². The highest BCUT2D eigenvalue weighted by atomic mass is 32.2. The number of thioether (sulfide) groups is 1. The molecule has 37 nitrogen and oxygen atoms in total. The second kappa shape index (κ2) is 38.6. The van der Waals surface area contributed by atoms with E-state index in [1.165, 1.54) is 29.8 Å².